The molecule has 0 saturated carbocycles. The number of aryl methyl sites for hydroxylation is 4. The van der Waals surface area contributed by atoms with Gasteiger partial charge in [-0.3, -0.25) is 9.48 Å². The van der Waals surface area contributed by atoms with Crippen molar-refractivity contribution in [1.29, 1.82) is 0 Å². The molecule has 4 rings (SSSR count). The standard InChI is InChI=1S/C24H27ClN6O/c1-15-6-8-19(9-7-15)20-10-12-27-24-22(20)16(2)28-31(24)14-21(32)26-11-5-13-30-18(4)23(25)17(3)29-30/h6-10,12H,5,11,13-14H2,1-4H3,(H,26,32). The van der Waals surface area contributed by atoms with Crippen molar-refractivity contribution < 1.29 is 4.79 Å². The van der Waals surface area contributed by atoms with E-state index in [2.05, 4.69) is 51.7 Å². The van der Waals surface area contributed by atoms with Crippen LogP contribution in [0.3, 0.4) is 0 Å². The zero-order chi connectivity index (χ0) is 22.8. The molecule has 0 radical (unpaired) electrons. The van der Waals surface area contributed by atoms with Gasteiger partial charge < -0.3 is 5.32 Å². The van der Waals surface area contributed by atoms with Crippen LogP contribution >= 0.6 is 11.6 Å². The topological polar surface area (TPSA) is 77.6 Å². The average molecular weight is 451 g/mol. The van der Waals surface area contributed by atoms with Gasteiger partial charge in [0.25, 0.3) is 0 Å². The quantitative estimate of drug-likeness (QED) is 0.423. The van der Waals surface area contributed by atoms with Gasteiger partial charge in [-0.25, -0.2) is 9.67 Å². The van der Waals surface area contributed by atoms with E-state index < -0.39 is 0 Å². The number of nitrogens with zero attached hydrogens (tertiary/aromatic N) is 5. The summed E-state index contributed by atoms with van der Waals surface area (Å²) in [5.74, 6) is -0.0941. The summed E-state index contributed by atoms with van der Waals surface area (Å²) in [6.45, 7) is 9.24. The first-order chi connectivity index (χ1) is 15.3. The third kappa shape index (κ3) is 4.39. The lowest BCUT2D eigenvalue weighted by molar-refractivity contribution is -0.121. The van der Waals surface area contributed by atoms with Crippen LogP contribution in [0.15, 0.2) is 36.5 Å². The molecule has 0 unspecified atom stereocenters. The van der Waals surface area contributed by atoms with Gasteiger partial charge in [0, 0.05) is 24.7 Å². The summed E-state index contributed by atoms with van der Waals surface area (Å²) in [7, 11) is 0. The average Bonchev–Trinajstić information content (AvgIpc) is 3.22. The fraction of sp³-hybridized carbons (Fsp3) is 0.333. The number of amides is 1. The molecule has 8 heteroatoms. The molecular formula is C24H27ClN6O. The molecule has 0 atom stereocenters. The minimum absolute atomic E-state index is 0.0941. The first-order valence-corrected chi connectivity index (χ1v) is 11.1. The van der Waals surface area contributed by atoms with Gasteiger partial charge in [0.15, 0.2) is 5.65 Å². The maximum atomic E-state index is 12.6. The first-order valence-electron chi connectivity index (χ1n) is 10.7. The Morgan fingerprint density at radius 1 is 1.00 bits per heavy atom. The third-order valence-corrected chi connectivity index (χ3v) is 6.17. The number of nitrogens with one attached hydrogen (secondary N) is 1. The van der Waals surface area contributed by atoms with Crippen LogP contribution in [0.4, 0.5) is 0 Å². The number of carbonyl (C=O) groups excluding carboxylic acids is 1. The third-order valence-electron chi connectivity index (χ3n) is 5.63. The molecule has 166 valence electrons. The Balaban J connectivity index is 1.43. The highest BCUT2D eigenvalue weighted by atomic mass is 35.5. The van der Waals surface area contributed by atoms with Crippen molar-refractivity contribution in [3.8, 4) is 11.1 Å². The number of fused-ring (bicyclic) bond motifs is 1. The molecule has 0 fully saturated rings. The predicted molar refractivity (Wildman–Crippen MR) is 127 cm³/mol. The van der Waals surface area contributed by atoms with Crippen LogP contribution in [0.1, 0.15) is 29.1 Å². The summed E-state index contributed by atoms with van der Waals surface area (Å²) in [6.07, 6.45) is 2.53. The number of benzene rings is 1. The Morgan fingerprint density at radius 3 is 2.41 bits per heavy atom. The molecule has 32 heavy (non-hydrogen) atoms. The normalized spacial score (nSPS) is 11.3. The summed E-state index contributed by atoms with van der Waals surface area (Å²) < 4.78 is 3.56. The van der Waals surface area contributed by atoms with Crippen LogP contribution in [0.5, 0.6) is 0 Å². The fourth-order valence-corrected chi connectivity index (χ4v) is 4.04. The van der Waals surface area contributed by atoms with Crippen molar-refractivity contribution in [2.75, 3.05) is 6.54 Å². The van der Waals surface area contributed by atoms with E-state index in [1.807, 2.05) is 31.5 Å². The lowest BCUT2D eigenvalue weighted by Crippen LogP contribution is -2.29. The molecule has 1 amide bonds. The van der Waals surface area contributed by atoms with E-state index >= 15 is 0 Å². The molecule has 0 aliphatic heterocycles. The van der Waals surface area contributed by atoms with E-state index in [1.54, 1.807) is 10.9 Å². The number of halogens is 1. The minimum Gasteiger partial charge on any atom is -0.354 e. The summed E-state index contributed by atoms with van der Waals surface area (Å²) in [6, 6.07) is 10.4. The SMILES string of the molecule is Cc1ccc(-c2ccnc3c2c(C)nn3CC(=O)NCCCn2nc(C)c(Cl)c2C)cc1. The summed E-state index contributed by atoms with van der Waals surface area (Å²) in [5, 5.41) is 13.7. The molecule has 3 heterocycles. The zero-order valence-electron chi connectivity index (χ0n) is 18.8. The van der Waals surface area contributed by atoms with Gasteiger partial charge in [-0.2, -0.15) is 10.2 Å². The van der Waals surface area contributed by atoms with Gasteiger partial charge in [-0.05, 0) is 51.3 Å². The number of hydrogen-bond donors (Lipinski definition) is 1. The number of aromatic nitrogens is 5. The second-order valence-corrected chi connectivity index (χ2v) is 8.46. The largest absolute Gasteiger partial charge is 0.354 e. The Morgan fingerprint density at radius 2 is 1.72 bits per heavy atom. The number of pyridine rings is 1. The summed E-state index contributed by atoms with van der Waals surface area (Å²) >= 11 is 6.19. The molecule has 1 aromatic carbocycles. The van der Waals surface area contributed by atoms with Crippen LogP contribution in [0, 0.1) is 27.7 Å². The van der Waals surface area contributed by atoms with Crippen molar-refractivity contribution in [2.45, 2.75) is 47.2 Å². The monoisotopic (exact) mass is 450 g/mol. The highest BCUT2D eigenvalue weighted by Gasteiger charge is 2.16. The van der Waals surface area contributed by atoms with Gasteiger partial charge in [0.2, 0.25) is 5.91 Å². The highest BCUT2D eigenvalue weighted by Crippen LogP contribution is 2.30. The summed E-state index contributed by atoms with van der Waals surface area (Å²) in [4.78, 5) is 17.1. The molecule has 0 aliphatic carbocycles. The lowest BCUT2D eigenvalue weighted by atomic mass is 10.0. The van der Waals surface area contributed by atoms with E-state index in [4.69, 9.17) is 11.6 Å². The van der Waals surface area contributed by atoms with Gasteiger partial charge in [0.05, 0.1) is 22.1 Å². The Bertz CT molecular complexity index is 1270. The minimum atomic E-state index is -0.0941. The number of rotatable bonds is 7. The van der Waals surface area contributed by atoms with E-state index in [0.29, 0.717) is 23.8 Å². The Labute approximate surface area is 192 Å². The zero-order valence-corrected chi connectivity index (χ0v) is 19.6. The maximum absolute atomic E-state index is 12.6. The van der Waals surface area contributed by atoms with Crippen molar-refractivity contribution >= 4 is 28.5 Å². The fourth-order valence-electron chi connectivity index (χ4n) is 3.91. The Kier molecular flexibility index (Phi) is 6.28. The van der Waals surface area contributed by atoms with Crippen molar-refractivity contribution in [2.24, 2.45) is 0 Å². The molecule has 7 nitrogen and oxygen atoms in total. The van der Waals surface area contributed by atoms with E-state index in [9.17, 15) is 4.79 Å². The molecule has 1 N–H and O–H groups in total. The van der Waals surface area contributed by atoms with Crippen LogP contribution in [-0.4, -0.2) is 37.0 Å². The van der Waals surface area contributed by atoms with E-state index in [-0.39, 0.29) is 12.5 Å². The van der Waals surface area contributed by atoms with Crippen LogP contribution < -0.4 is 5.32 Å². The van der Waals surface area contributed by atoms with Crippen LogP contribution in [0.2, 0.25) is 5.02 Å². The van der Waals surface area contributed by atoms with Crippen molar-refractivity contribution in [3.05, 3.63) is 64.2 Å². The first kappa shape index (κ1) is 22.0. The van der Waals surface area contributed by atoms with Gasteiger partial charge in [-0.15, -0.1) is 0 Å². The molecule has 0 bridgehead atoms. The van der Waals surface area contributed by atoms with Gasteiger partial charge in [0.1, 0.15) is 6.54 Å². The molecule has 3 aromatic heterocycles. The van der Waals surface area contributed by atoms with E-state index in [1.165, 1.54) is 5.56 Å². The Hall–Kier alpha value is -3.19. The second-order valence-electron chi connectivity index (χ2n) is 8.08. The van der Waals surface area contributed by atoms with Crippen LogP contribution in [-0.2, 0) is 17.9 Å². The van der Waals surface area contributed by atoms with E-state index in [0.717, 1.165) is 40.0 Å². The molecular weight excluding hydrogens is 424 g/mol. The molecule has 0 saturated heterocycles. The molecule has 0 spiro atoms. The number of hydrogen-bond acceptors (Lipinski definition) is 4. The second kappa shape index (κ2) is 9.12. The van der Waals surface area contributed by atoms with Crippen LogP contribution in [0.25, 0.3) is 22.2 Å². The van der Waals surface area contributed by atoms with Crippen molar-refractivity contribution in [3.63, 3.8) is 0 Å². The molecule has 0 aliphatic rings. The number of carbonyl (C=O) groups is 1. The summed E-state index contributed by atoms with van der Waals surface area (Å²) in [5.41, 5.74) is 6.74. The van der Waals surface area contributed by atoms with Gasteiger partial charge >= 0.3 is 0 Å². The smallest absolute Gasteiger partial charge is 0.241 e. The maximum Gasteiger partial charge on any atom is 0.241 e. The van der Waals surface area contributed by atoms with Crippen molar-refractivity contribution in [1.82, 2.24) is 29.9 Å². The predicted octanol–water partition coefficient (Wildman–Crippen LogP) is 4.39. The lowest BCUT2D eigenvalue weighted by Gasteiger charge is -2.08. The molecule has 4 aromatic rings. The van der Waals surface area contributed by atoms with Gasteiger partial charge in [-0.1, -0.05) is 41.4 Å². The highest BCUT2D eigenvalue weighted by molar-refractivity contribution is 6.31.